The van der Waals surface area contributed by atoms with Crippen LogP contribution in [0.2, 0.25) is 0 Å². The molecule has 3 rings (SSSR count). The Morgan fingerprint density at radius 2 is 2.00 bits per heavy atom. The Balaban J connectivity index is 1.61. The molecule has 1 amide bonds. The number of anilines is 1. The van der Waals surface area contributed by atoms with E-state index < -0.39 is 0 Å². The van der Waals surface area contributed by atoms with E-state index in [-0.39, 0.29) is 5.91 Å². The highest BCUT2D eigenvalue weighted by Gasteiger charge is 2.07. The van der Waals surface area contributed by atoms with Crippen molar-refractivity contribution in [1.82, 2.24) is 10.2 Å². The molecule has 0 radical (unpaired) electrons. The normalized spacial score (nSPS) is 10.5. The van der Waals surface area contributed by atoms with Crippen LogP contribution in [0.3, 0.4) is 0 Å². The van der Waals surface area contributed by atoms with Crippen molar-refractivity contribution in [2.24, 2.45) is 0 Å². The van der Waals surface area contributed by atoms with Crippen LogP contribution >= 0.6 is 0 Å². The number of aromatic amines is 1. The summed E-state index contributed by atoms with van der Waals surface area (Å²) < 4.78 is 5.21. The minimum atomic E-state index is -0.0156. The number of nitrogens with one attached hydrogen (secondary N) is 2. The van der Waals surface area contributed by atoms with Crippen molar-refractivity contribution in [2.45, 2.75) is 19.8 Å². The van der Waals surface area contributed by atoms with Crippen LogP contribution in [0.1, 0.15) is 17.7 Å². The highest BCUT2D eigenvalue weighted by Crippen LogP contribution is 2.21. The lowest BCUT2D eigenvalue weighted by atomic mass is 10.1. The SMILES string of the molecule is COc1cccc(CCC(=O)Nc2cccc(-c3cc(C)[nH]n3)c2)c1. The highest BCUT2D eigenvalue weighted by atomic mass is 16.5. The van der Waals surface area contributed by atoms with Crippen LogP contribution < -0.4 is 10.1 Å². The Morgan fingerprint density at radius 1 is 1.16 bits per heavy atom. The minimum absolute atomic E-state index is 0.0156. The summed E-state index contributed by atoms with van der Waals surface area (Å²) in [6.07, 6.45) is 1.08. The monoisotopic (exact) mass is 335 g/mol. The van der Waals surface area contributed by atoms with Crippen LogP contribution in [0.4, 0.5) is 5.69 Å². The molecule has 0 atom stereocenters. The van der Waals surface area contributed by atoms with Gasteiger partial charge in [-0.05, 0) is 49.2 Å². The molecule has 128 valence electrons. The van der Waals surface area contributed by atoms with Crippen molar-refractivity contribution in [1.29, 1.82) is 0 Å². The second-order valence-electron chi connectivity index (χ2n) is 5.92. The zero-order valence-electron chi connectivity index (χ0n) is 14.4. The average Bonchev–Trinajstić information content (AvgIpc) is 3.07. The third-order valence-electron chi connectivity index (χ3n) is 3.92. The van der Waals surface area contributed by atoms with E-state index in [4.69, 9.17) is 4.74 Å². The molecule has 3 aromatic rings. The quantitative estimate of drug-likeness (QED) is 0.716. The Morgan fingerprint density at radius 3 is 2.76 bits per heavy atom. The molecule has 0 spiro atoms. The topological polar surface area (TPSA) is 67.0 Å². The van der Waals surface area contributed by atoms with Crippen LogP contribution in [-0.2, 0) is 11.2 Å². The maximum Gasteiger partial charge on any atom is 0.224 e. The molecule has 25 heavy (non-hydrogen) atoms. The maximum absolute atomic E-state index is 12.2. The molecule has 0 aliphatic rings. The van der Waals surface area contributed by atoms with Gasteiger partial charge in [0, 0.05) is 23.4 Å². The molecule has 0 saturated heterocycles. The van der Waals surface area contributed by atoms with Crippen LogP contribution in [0.25, 0.3) is 11.3 Å². The summed E-state index contributed by atoms with van der Waals surface area (Å²) in [5, 5.41) is 10.1. The number of methoxy groups -OCH3 is 1. The minimum Gasteiger partial charge on any atom is -0.497 e. The third-order valence-corrected chi connectivity index (χ3v) is 3.92. The smallest absolute Gasteiger partial charge is 0.224 e. The summed E-state index contributed by atoms with van der Waals surface area (Å²) in [6.45, 7) is 1.96. The molecule has 1 aromatic heterocycles. The summed E-state index contributed by atoms with van der Waals surface area (Å²) in [6, 6.07) is 17.4. The molecule has 2 aromatic carbocycles. The maximum atomic E-state index is 12.2. The summed E-state index contributed by atoms with van der Waals surface area (Å²) >= 11 is 0. The first kappa shape index (κ1) is 16.8. The lowest BCUT2D eigenvalue weighted by molar-refractivity contribution is -0.116. The molecule has 0 fully saturated rings. The van der Waals surface area contributed by atoms with E-state index in [9.17, 15) is 4.79 Å². The first-order valence-electron chi connectivity index (χ1n) is 8.19. The molecule has 0 aliphatic heterocycles. The predicted molar refractivity (Wildman–Crippen MR) is 98.7 cm³/mol. The van der Waals surface area contributed by atoms with E-state index in [0.717, 1.165) is 34.0 Å². The fourth-order valence-corrected chi connectivity index (χ4v) is 2.63. The van der Waals surface area contributed by atoms with Gasteiger partial charge in [0.25, 0.3) is 0 Å². The second kappa shape index (κ2) is 7.66. The number of benzene rings is 2. The molecule has 0 aliphatic carbocycles. The second-order valence-corrected chi connectivity index (χ2v) is 5.92. The Labute approximate surface area is 147 Å². The van der Waals surface area contributed by atoms with Crippen molar-refractivity contribution < 1.29 is 9.53 Å². The molecular formula is C20H21N3O2. The first-order chi connectivity index (χ1) is 12.1. The van der Waals surface area contributed by atoms with Crippen LogP contribution in [0.5, 0.6) is 5.75 Å². The zero-order valence-corrected chi connectivity index (χ0v) is 14.4. The number of hydrogen-bond acceptors (Lipinski definition) is 3. The van der Waals surface area contributed by atoms with E-state index >= 15 is 0 Å². The summed E-state index contributed by atoms with van der Waals surface area (Å²) in [4.78, 5) is 12.2. The number of carbonyl (C=O) groups is 1. The predicted octanol–water partition coefficient (Wildman–Crippen LogP) is 3.97. The number of aryl methyl sites for hydroxylation is 2. The fourth-order valence-electron chi connectivity index (χ4n) is 2.63. The van der Waals surface area contributed by atoms with E-state index in [1.165, 1.54) is 0 Å². The van der Waals surface area contributed by atoms with Crippen molar-refractivity contribution in [3.05, 3.63) is 65.9 Å². The molecule has 1 heterocycles. The Bertz CT molecular complexity index is 871. The average molecular weight is 335 g/mol. The van der Waals surface area contributed by atoms with Crippen molar-refractivity contribution in [3.63, 3.8) is 0 Å². The summed E-state index contributed by atoms with van der Waals surface area (Å²) in [5.41, 5.74) is 4.69. The molecule has 0 bridgehead atoms. The van der Waals surface area contributed by atoms with Gasteiger partial charge >= 0.3 is 0 Å². The Hall–Kier alpha value is -3.08. The largest absolute Gasteiger partial charge is 0.497 e. The van der Waals surface area contributed by atoms with Gasteiger partial charge in [-0.25, -0.2) is 0 Å². The number of ether oxygens (including phenoxy) is 1. The molecule has 0 saturated carbocycles. The van der Waals surface area contributed by atoms with E-state index in [1.807, 2.05) is 61.5 Å². The number of carbonyl (C=O) groups excluding carboxylic acids is 1. The molecule has 2 N–H and O–H groups in total. The van der Waals surface area contributed by atoms with Gasteiger partial charge in [-0.2, -0.15) is 5.10 Å². The molecule has 0 unspecified atom stereocenters. The lowest BCUT2D eigenvalue weighted by Gasteiger charge is -2.07. The van der Waals surface area contributed by atoms with Gasteiger partial charge in [0.2, 0.25) is 5.91 Å². The molecule has 5 nitrogen and oxygen atoms in total. The zero-order chi connectivity index (χ0) is 17.6. The first-order valence-corrected chi connectivity index (χ1v) is 8.19. The van der Waals surface area contributed by atoms with E-state index in [2.05, 4.69) is 15.5 Å². The van der Waals surface area contributed by atoms with Gasteiger partial charge < -0.3 is 10.1 Å². The number of amides is 1. The van der Waals surface area contributed by atoms with E-state index in [0.29, 0.717) is 12.8 Å². The highest BCUT2D eigenvalue weighted by molar-refractivity contribution is 5.91. The molecular weight excluding hydrogens is 314 g/mol. The standard InChI is InChI=1S/C20H21N3O2/c1-14-11-19(23-22-14)16-6-4-7-17(13-16)21-20(24)10-9-15-5-3-8-18(12-15)25-2/h3-8,11-13H,9-10H2,1-2H3,(H,21,24)(H,22,23). The molecule has 5 heteroatoms. The fraction of sp³-hybridized carbons (Fsp3) is 0.200. The van der Waals surface area contributed by atoms with Gasteiger partial charge in [0.05, 0.1) is 12.8 Å². The summed E-state index contributed by atoms with van der Waals surface area (Å²) in [5.74, 6) is 0.790. The van der Waals surface area contributed by atoms with Gasteiger partial charge in [-0.3, -0.25) is 9.89 Å². The van der Waals surface area contributed by atoms with Crippen molar-refractivity contribution in [2.75, 3.05) is 12.4 Å². The van der Waals surface area contributed by atoms with Crippen LogP contribution in [0, 0.1) is 6.92 Å². The van der Waals surface area contributed by atoms with Gasteiger partial charge in [-0.15, -0.1) is 0 Å². The van der Waals surface area contributed by atoms with Gasteiger partial charge in [-0.1, -0.05) is 24.3 Å². The Kier molecular flexibility index (Phi) is 5.14. The number of rotatable bonds is 6. The lowest BCUT2D eigenvalue weighted by Crippen LogP contribution is -2.12. The number of hydrogen-bond donors (Lipinski definition) is 2. The van der Waals surface area contributed by atoms with Gasteiger partial charge in [0.1, 0.15) is 5.75 Å². The van der Waals surface area contributed by atoms with Crippen LogP contribution in [0.15, 0.2) is 54.6 Å². The van der Waals surface area contributed by atoms with E-state index in [1.54, 1.807) is 7.11 Å². The van der Waals surface area contributed by atoms with Crippen molar-refractivity contribution in [3.8, 4) is 17.0 Å². The number of nitrogens with zero attached hydrogens (tertiary/aromatic N) is 1. The third kappa shape index (κ3) is 4.47. The van der Waals surface area contributed by atoms with Gasteiger partial charge in [0.15, 0.2) is 0 Å². The van der Waals surface area contributed by atoms with Crippen molar-refractivity contribution >= 4 is 11.6 Å². The number of aromatic nitrogens is 2. The number of H-pyrrole nitrogens is 1. The summed E-state index contributed by atoms with van der Waals surface area (Å²) in [7, 11) is 1.64. The van der Waals surface area contributed by atoms with Crippen LogP contribution in [-0.4, -0.2) is 23.2 Å².